The Morgan fingerprint density at radius 1 is 1.31 bits per heavy atom. The quantitative estimate of drug-likeness (QED) is 0.820. The fourth-order valence-corrected chi connectivity index (χ4v) is 4.74. The Labute approximate surface area is 164 Å². The molecule has 7 heteroatoms. The zero-order valence-electron chi connectivity index (χ0n) is 14.7. The Kier molecular flexibility index (Phi) is 6.16. The van der Waals surface area contributed by atoms with Crippen molar-refractivity contribution in [2.24, 2.45) is 5.92 Å². The highest BCUT2D eigenvalue weighted by molar-refractivity contribution is 7.14. The number of methoxy groups -OCH3 is 1. The van der Waals surface area contributed by atoms with Gasteiger partial charge in [-0.2, -0.15) is 0 Å². The van der Waals surface area contributed by atoms with Crippen molar-refractivity contribution in [3.63, 3.8) is 0 Å². The monoisotopic (exact) mass is 393 g/mol. The third kappa shape index (κ3) is 3.87. The van der Waals surface area contributed by atoms with Crippen LogP contribution in [0.4, 0.5) is 5.13 Å². The third-order valence-electron chi connectivity index (χ3n) is 5.30. The van der Waals surface area contributed by atoms with Gasteiger partial charge in [-0.1, -0.05) is 25.0 Å². The fraction of sp³-hybridized carbons (Fsp3) is 0.474. The Morgan fingerprint density at radius 3 is 2.92 bits per heavy atom. The molecule has 0 radical (unpaired) electrons. The van der Waals surface area contributed by atoms with Gasteiger partial charge in [-0.3, -0.25) is 4.79 Å². The van der Waals surface area contributed by atoms with E-state index in [0.29, 0.717) is 17.1 Å². The average molecular weight is 394 g/mol. The maximum Gasteiger partial charge on any atom is 0.243 e. The molecule has 1 aromatic carbocycles. The minimum atomic E-state index is -0.0910. The van der Waals surface area contributed by atoms with E-state index in [0.717, 1.165) is 23.4 Å². The molecule has 2 heterocycles. The standard InChI is InChI=1S/C19H23N3O2S.ClH/c1-24-17-9-5-3-7-13(17)16-11-25-19(21-16)22-18(23)15-10-12-6-2-4-8-14(12)20-15;/h3,5,7,9,11-12,14-15,20H,2,4,6,8,10H2,1H3,(H,21,22,23);1H. The molecule has 0 spiro atoms. The summed E-state index contributed by atoms with van der Waals surface area (Å²) >= 11 is 1.45. The maximum absolute atomic E-state index is 12.6. The van der Waals surface area contributed by atoms with Crippen molar-refractivity contribution in [3.8, 4) is 17.0 Å². The topological polar surface area (TPSA) is 63.2 Å². The summed E-state index contributed by atoms with van der Waals surface area (Å²) < 4.78 is 5.39. The van der Waals surface area contributed by atoms with Crippen molar-refractivity contribution >= 4 is 34.8 Å². The smallest absolute Gasteiger partial charge is 0.243 e. The first-order valence-electron chi connectivity index (χ1n) is 8.90. The SMILES string of the molecule is COc1ccccc1-c1csc(NC(=O)C2CC3CCCCC3N2)n1.Cl. The van der Waals surface area contributed by atoms with Gasteiger partial charge in [-0.15, -0.1) is 23.7 Å². The van der Waals surface area contributed by atoms with Crippen LogP contribution in [0.5, 0.6) is 5.75 Å². The van der Waals surface area contributed by atoms with E-state index in [4.69, 9.17) is 4.74 Å². The molecule has 3 unspecified atom stereocenters. The van der Waals surface area contributed by atoms with Gasteiger partial charge in [0.1, 0.15) is 5.75 Å². The van der Waals surface area contributed by atoms with Crippen molar-refractivity contribution in [2.45, 2.75) is 44.2 Å². The zero-order chi connectivity index (χ0) is 17.2. The molecule has 0 bridgehead atoms. The van der Waals surface area contributed by atoms with Crippen molar-refractivity contribution in [2.75, 3.05) is 12.4 Å². The predicted molar refractivity (Wildman–Crippen MR) is 107 cm³/mol. The molecule has 1 aromatic heterocycles. The van der Waals surface area contributed by atoms with Crippen LogP contribution in [-0.2, 0) is 4.79 Å². The van der Waals surface area contributed by atoms with E-state index in [-0.39, 0.29) is 24.4 Å². The summed E-state index contributed by atoms with van der Waals surface area (Å²) in [4.78, 5) is 17.2. The van der Waals surface area contributed by atoms with Gasteiger partial charge in [-0.05, 0) is 37.3 Å². The highest BCUT2D eigenvalue weighted by atomic mass is 35.5. The van der Waals surface area contributed by atoms with Crippen molar-refractivity contribution in [3.05, 3.63) is 29.6 Å². The third-order valence-corrected chi connectivity index (χ3v) is 6.05. The first-order chi connectivity index (χ1) is 12.2. The number of fused-ring (bicyclic) bond motifs is 1. The molecule has 1 amide bonds. The summed E-state index contributed by atoms with van der Waals surface area (Å²) in [7, 11) is 1.65. The van der Waals surface area contributed by atoms with Crippen LogP contribution in [0.2, 0.25) is 0 Å². The summed E-state index contributed by atoms with van der Waals surface area (Å²) in [6.07, 6.45) is 5.96. The van der Waals surface area contributed by atoms with Crippen LogP contribution in [-0.4, -0.2) is 30.1 Å². The van der Waals surface area contributed by atoms with E-state index < -0.39 is 0 Å². The summed E-state index contributed by atoms with van der Waals surface area (Å²) in [6.45, 7) is 0. The van der Waals surface area contributed by atoms with Crippen LogP contribution >= 0.6 is 23.7 Å². The number of amides is 1. The Balaban J connectivity index is 0.00000196. The summed E-state index contributed by atoms with van der Waals surface area (Å²) in [5.74, 6) is 1.48. The predicted octanol–water partition coefficient (Wildman–Crippen LogP) is 4.10. The molecular weight excluding hydrogens is 370 g/mol. The van der Waals surface area contributed by atoms with Gasteiger partial charge < -0.3 is 15.4 Å². The van der Waals surface area contributed by atoms with E-state index in [9.17, 15) is 4.79 Å². The summed E-state index contributed by atoms with van der Waals surface area (Å²) in [5, 5.41) is 9.10. The number of halogens is 1. The molecule has 5 nitrogen and oxygen atoms in total. The number of nitrogens with one attached hydrogen (secondary N) is 2. The lowest BCUT2D eigenvalue weighted by Crippen LogP contribution is -2.39. The number of nitrogens with zero attached hydrogens (tertiary/aromatic N) is 1. The summed E-state index contributed by atoms with van der Waals surface area (Å²) in [5.41, 5.74) is 1.76. The van der Waals surface area contributed by atoms with Gasteiger partial charge in [0.25, 0.3) is 0 Å². The lowest BCUT2D eigenvalue weighted by Gasteiger charge is -2.24. The number of thiazole rings is 1. The summed E-state index contributed by atoms with van der Waals surface area (Å²) in [6, 6.07) is 8.21. The number of para-hydroxylation sites is 1. The van der Waals surface area contributed by atoms with Gasteiger partial charge in [0.2, 0.25) is 5.91 Å². The van der Waals surface area contributed by atoms with Crippen LogP contribution in [0, 0.1) is 5.92 Å². The number of hydrogen-bond donors (Lipinski definition) is 2. The number of benzene rings is 1. The molecule has 26 heavy (non-hydrogen) atoms. The van der Waals surface area contributed by atoms with Crippen molar-refractivity contribution in [1.82, 2.24) is 10.3 Å². The van der Waals surface area contributed by atoms with Gasteiger partial charge in [0, 0.05) is 17.0 Å². The number of aromatic nitrogens is 1. The van der Waals surface area contributed by atoms with Crippen LogP contribution in [0.3, 0.4) is 0 Å². The molecule has 140 valence electrons. The number of anilines is 1. The lowest BCUT2D eigenvalue weighted by atomic mass is 9.85. The first kappa shape index (κ1) is 19.1. The second-order valence-corrected chi connectivity index (χ2v) is 7.69. The highest BCUT2D eigenvalue weighted by Gasteiger charge is 2.38. The normalized spacial score (nSPS) is 24.4. The Bertz CT molecular complexity index is 753. The molecule has 3 atom stereocenters. The van der Waals surface area contributed by atoms with E-state index >= 15 is 0 Å². The molecule has 1 saturated heterocycles. The second-order valence-electron chi connectivity index (χ2n) is 6.83. The van der Waals surface area contributed by atoms with Gasteiger partial charge >= 0.3 is 0 Å². The Morgan fingerprint density at radius 2 is 2.12 bits per heavy atom. The van der Waals surface area contributed by atoms with E-state index in [2.05, 4.69) is 15.6 Å². The minimum absolute atomic E-state index is 0. The number of rotatable bonds is 4. The molecular formula is C19H24ClN3O2S. The van der Waals surface area contributed by atoms with Crippen LogP contribution in [0.25, 0.3) is 11.3 Å². The minimum Gasteiger partial charge on any atom is -0.496 e. The van der Waals surface area contributed by atoms with Gasteiger partial charge in [0.15, 0.2) is 5.13 Å². The maximum atomic E-state index is 12.6. The largest absolute Gasteiger partial charge is 0.496 e. The van der Waals surface area contributed by atoms with Crippen molar-refractivity contribution in [1.29, 1.82) is 0 Å². The van der Waals surface area contributed by atoms with E-state index in [1.165, 1.54) is 37.0 Å². The molecule has 2 fully saturated rings. The molecule has 1 aliphatic heterocycles. The molecule has 1 saturated carbocycles. The zero-order valence-corrected chi connectivity index (χ0v) is 16.4. The second kappa shape index (κ2) is 8.37. The van der Waals surface area contributed by atoms with Crippen LogP contribution in [0.1, 0.15) is 32.1 Å². The Hall–Kier alpha value is -1.63. The number of ether oxygens (including phenoxy) is 1. The molecule has 2 N–H and O–H groups in total. The van der Waals surface area contributed by atoms with E-state index in [1.807, 2.05) is 29.6 Å². The first-order valence-corrected chi connectivity index (χ1v) is 9.78. The molecule has 2 aliphatic rings. The van der Waals surface area contributed by atoms with Crippen LogP contribution < -0.4 is 15.4 Å². The average Bonchev–Trinajstić information content (AvgIpc) is 3.28. The fourth-order valence-electron chi connectivity index (χ4n) is 4.02. The molecule has 2 aromatic rings. The lowest BCUT2D eigenvalue weighted by molar-refractivity contribution is -0.117. The highest BCUT2D eigenvalue weighted by Crippen LogP contribution is 2.34. The number of carbonyl (C=O) groups excluding carboxylic acids is 1. The molecule has 1 aliphatic carbocycles. The number of hydrogen-bond acceptors (Lipinski definition) is 5. The number of carbonyl (C=O) groups is 1. The van der Waals surface area contributed by atoms with E-state index in [1.54, 1.807) is 7.11 Å². The van der Waals surface area contributed by atoms with Crippen molar-refractivity contribution < 1.29 is 9.53 Å². The van der Waals surface area contributed by atoms with Gasteiger partial charge in [-0.25, -0.2) is 4.98 Å². The molecule has 4 rings (SSSR count). The van der Waals surface area contributed by atoms with Crippen LogP contribution in [0.15, 0.2) is 29.6 Å². The van der Waals surface area contributed by atoms with Gasteiger partial charge in [0.05, 0.1) is 18.8 Å².